The summed E-state index contributed by atoms with van der Waals surface area (Å²) in [5, 5.41) is 8.47. The molecule has 0 aliphatic rings. The van der Waals surface area contributed by atoms with E-state index in [-0.39, 0.29) is 0 Å². The number of aliphatic hydroxyl groups excluding tert-OH is 1. The molecular formula is C10H17FO. The van der Waals surface area contributed by atoms with E-state index in [1.54, 1.807) is 6.92 Å². The summed E-state index contributed by atoms with van der Waals surface area (Å²) < 4.78 is 12.7. The largest absolute Gasteiger partial charge is 0.389 e. The Hall–Kier alpha value is -0.630. The highest BCUT2D eigenvalue weighted by Gasteiger charge is 1.97. The van der Waals surface area contributed by atoms with Crippen LogP contribution in [-0.4, -0.2) is 11.7 Å². The molecule has 0 saturated heterocycles. The van der Waals surface area contributed by atoms with Gasteiger partial charge in [-0.15, -0.1) is 0 Å². The van der Waals surface area contributed by atoms with Crippen LogP contribution in [0.5, 0.6) is 0 Å². The average Bonchev–Trinajstić information content (AvgIpc) is 2.02. The lowest BCUT2D eigenvalue weighted by Gasteiger charge is -1.99. The Balaban J connectivity index is 3.86. The summed E-state index contributed by atoms with van der Waals surface area (Å²) in [6.07, 6.45) is 3.60. The molecule has 0 spiro atoms. The first-order valence-electron chi connectivity index (χ1n) is 4.16. The molecule has 1 nitrogen and oxygen atoms in total. The molecule has 0 saturated carbocycles. The Morgan fingerprint density at radius 3 is 2.33 bits per heavy atom. The summed E-state index contributed by atoms with van der Waals surface area (Å²) in [4.78, 5) is 0. The molecule has 12 heavy (non-hydrogen) atoms. The minimum Gasteiger partial charge on any atom is -0.389 e. The lowest BCUT2D eigenvalue weighted by Crippen LogP contribution is -1.88. The van der Waals surface area contributed by atoms with Crippen molar-refractivity contribution in [2.75, 3.05) is 6.61 Å². The maximum absolute atomic E-state index is 12.7. The van der Waals surface area contributed by atoms with Gasteiger partial charge in [-0.1, -0.05) is 11.6 Å². The van der Waals surface area contributed by atoms with Gasteiger partial charge in [0.25, 0.3) is 0 Å². The Morgan fingerprint density at radius 2 is 1.92 bits per heavy atom. The number of halogens is 1. The minimum atomic E-state index is -0.472. The molecule has 0 amide bonds. The second kappa shape index (κ2) is 5.95. The second-order valence-electron chi connectivity index (χ2n) is 3.16. The molecule has 0 aliphatic carbocycles. The third-order valence-electron chi connectivity index (χ3n) is 1.67. The zero-order valence-corrected chi connectivity index (χ0v) is 8.02. The molecule has 0 fully saturated rings. The molecule has 1 N–H and O–H groups in total. The first-order chi connectivity index (χ1) is 5.57. The Kier molecular flexibility index (Phi) is 5.64. The molecule has 0 aliphatic heterocycles. The van der Waals surface area contributed by atoms with Crippen LogP contribution in [0, 0.1) is 0 Å². The van der Waals surface area contributed by atoms with Crippen molar-refractivity contribution in [3.05, 3.63) is 23.0 Å². The molecule has 0 radical (unpaired) electrons. The smallest absolute Gasteiger partial charge is 0.124 e. The summed E-state index contributed by atoms with van der Waals surface area (Å²) in [5.41, 5.74) is 1.89. The first-order valence-corrected chi connectivity index (χ1v) is 4.16. The van der Waals surface area contributed by atoms with Gasteiger partial charge in [0.2, 0.25) is 0 Å². The maximum Gasteiger partial charge on any atom is 0.124 e. The predicted octanol–water partition coefficient (Wildman–Crippen LogP) is 2.97. The number of rotatable bonds is 4. The van der Waals surface area contributed by atoms with E-state index in [2.05, 4.69) is 6.08 Å². The Bertz CT molecular complexity index is 188. The lowest BCUT2D eigenvalue weighted by molar-refractivity contribution is 0.295. The summed E-state index contributed by atoms with van der Waals surface area (Å²) in [5.74, 6) is -0.392. The van der Waals surface area contributed by atoms with Crippen molar-refractivity contribution in [2.24, 2.45) is 0 Å². The third-order valence-corrected chi connectivity index (χ3v) is 1.67. The zero-order chi connectivity index (χ0) is 9.56. The number of hydrogen-bond donors (Lipinski definition) is 1. The number of aliphatic hydroxyl groups is 1. The molecule has 70 valence electrons. The van der Waals surface area contributed by atoms with Gasteiger partial charge in [-0.2, -0.15) is 0 Å². The van der Waals surface area contributed by atoms with E-state index < -0.39 is 12.4 Å². The van der Waals surface area contributed by atoms with Crippen molar-refractivity contribution >= 4 is 0 Å². The van der Waals surface area contributed by atoms with Crippen LogP contribution < -0.4 is 0 Å². The molecule has 0 rings (SSSR count). The Morgan fingerprint density at radius 1 is 1.33 bits per heavy atom. The monoisotopic (exact) mass is 172 g/mol. The summed E-state index contributed by atoms with van der Waals surface area (Å²) in [7, 11) is 0. The standard InChI is InChI=1S/C10H17FO/c1-8(2)5-4-6-9(3)10(11)7-12/h5,12H,4,6-7H2,1-3H3/b10-9-. The van der Waals surface area contributed by atoms with E-state index in [0.29, 0.717) is 12.0 Å². The van der Waals surface area contributed by atoms with Crippen LogP contribution in [0.3, 0.4) is 0 Å². The zero-order valence-electron chi connectivity index (χ0n) is 8.02. The highest BCUT2D eigenvalue weighted by molar-refractivity contribution is 5.06. The van der Waals surface area contributed by atoms with Gasteiger partial charge in [-0.25, -0.2) is 4.39 Å². The van der Waals surface area contributed by atoms with Crippen molar-refractivity contribution < 1.29 is 9.50 Å². The molecular weight excluding hydrogens is 155 g/mol. The fourth-order valence-electron chi connectivity index (χ4n) is 0.848. The van der Waals surface area contributed by atoms with Crippen molar-refractivity contribution in [3.8, 4) is 0 Å². The third kappa shape index (κ3) is 5.08. The maximum atomic E-state index is 12.7. The van der Waals surface area contributed by atoms with E-state index >= 15 is 0 Å². The minimum absolute atomic E-state index is 0.392. The fourth-order valence-corrected chi connectivity index (χ4v) is 0.848. The van der Waals surface area contributed by atoms with Crippen LogP contribution in [0.15, 0.2) is 23.0 Å². The van der Waals surface area contributed by atoms with Gasteiger partial charge in [0, 0.05) is 0 Å². The van der Waals surface area contributed by atoms with Crippen LogP contribution in [-0.2, 0) is 0 Å². The molecule has 2 heteroatoms. The van der Waals surface area contributed by atoms with Gasteiger partial charge in [0.1, 0.15) is 5.83 Å². The molecule has 0 aromatic carbocycles. The van der Waals surface area contributed by atoms with E-state index in [0.717, 1.165) is 6.42 Å². The summed E-state index contributed by atoms with van der Waals surface area (Å²) >= 11 is 0. The SMILES string of the molecule is CC(C)=CCC/C(C)=C(\F)CO. The van der Waals surface area contributed by atoms with Gasteiger partial charge >= 0.3 is 0 Å². The molecule has 0 unspecified atom stereocenters. The van der Waals surface area contributed by atoms with Crippen LogP contribution >= 0.6 is 0 Å². The van der Waals surface area contributed by atoms with Gasteiger partial charge in [-0.05, 0) is 39.2 Å². The van der Waals surface area contributed by atoms with E-state index in [1.807, 2.05) is 13.8 Å². The number of allylic oxidation sites excluding steroid dienone is 3. The predicted molar refractivity (Wildman–Crippen MR) is 49.6 cm³/mol. The van der Waals surface area contributed by atoms with Gasteiger partial charge in [0.05, 0.1) is 6.61 Å². The average molecular weight is 172 g/mol. The molecule has 0 heterocycles. The van der Waals surface area contributed by atoms with Crippen LogP contribution in [0.25, 0.3) is 0 Å². The molecule has 0 aromatic heterocycles. The lowest BCUT2D eigenvalue weighted by atomic mass is 10.1. The van der Waals surface area contributed by atoms with Crippen LogP contribution in [0.2, 0.25) is 0 Å². The quantitative estimate of drug-likeness (QED) is 0.646. The van der Waals surface area contributed by atoms with Crippen molar-refractivity contribution in [1.82, 2.24) is 0 Å². The molecule has 0 bridgehead atoms. The van der Waals surface area contributed by atoms with E-state index in [1.165, 1.54) is 5.57 Å². The normalized spacial score (nSPS) is 12.4. The topological polar surface area (TPSA) is 20.2 Å². The summed E-state index contributed by atoms with van der Waals surface area (Å²) in [6.45, 7) is 5.27. The van der Waals surface area contributed by atoms with Gasteiger partial charge in [0.15, 0.2) is 0 Å². The van der Waals surface area contributed by atoms with Crippen LogP contribution in [0.4, 0.5) is 4.39 Å². The Labute approximate surface area is 73.6 Å². The van der Waals surface area contributed by atoms with Crippen molar-refractivity contribution in [3.63, 3.8) is 0 Å². The van der Waals surface area contributed by atoms with E-state index in [4.69, 9.17) is 5.11 Å². The fraction of sp³-hybridized carbons (Fsp3) is 0.600. The molecule has 0 aromatic rings. The van der Waals surface area contributed by atoms with E-state index in [9.17, 15) is 4.39 Å². The second-order valence-corrected chi connectivity index (χ2v) is 3.16. The van der Waals surface area contributed by atoms with Crippen molar-refractivity contribution in [2.45, 2.75) is 33.6 Å². The highest BCUT2D eigenvalue weighted by Crippen LogP contribution is 2.12. The van der Waals surface area contributed by atoms with Crippen molar-refractivity contribution in [1.29, 1.82) is 0 Å². The number of hydrogen-bond acceptors (Lipinski definition) is 1. The van der Waals surface area contributed by atoms with Crippen LogP contribution in [0.1, 0.15) is 33.6 Å². The first kappa shape index (κ1) is 11.4. The molecule has 0 atom stereocenters. The van der Waals surface area contributed by atoms with Gasteiger partial charge in [-0.3, -0.25) is 0 Å². The highest BCUT2D eigenvalue weighted by atomic mass is 19.1. The summed E-state index contributed by atoms with van der Waals surface area (Å²) in [6, 6.07) is 0. The van der Waals surface area contributed by atoms with Gasteiger partial charge < -0.3 is 5.11 Å².